The van der Waals surface area contributed by atoms with Gasteiger partial charge in [-0.2, -0.15) is 0 Å². The van der Waals surface area contributed by atoms with Crippen LogP contribution < -0.4 is 4.74 Å². The van der Waals surface area contributed by atoms with E-state index in [4.69, 9.17) is 33.0 Å². The van der Waals surface area contributed by atoms with E-state index in [1.807, 2.05) is 0 Å². The van der Waals surface area contributed by atoms with Gasteiger partial charge in [0.25, 0.3) is 0 Å². The molecule has 0 amide bonds. The van der Waals surface area contributed by atoms with E-state index >= 15 is 0 Å². The number of ether oxygens (including phenoxy) is 1. The molecular formula is C6H4Cl2O3S. The maximum atomic E-state index is 10.1. The quantitative estimate of drug-likeness (QED) is 0.862. The molecule has 0 atom stereocenters. The summed E-state index contributed by atoms with van der Waals surface area (Å²) >= 11 is 12.4. The van der Waals surface area contributed by atoms with Crippen molar-refractivity contribution in [2.24, 2.45) is 0 Å². The molecule has 1 aromatic rings. The summed E-state index contributed by atoms with van der Waals surface area (Å²) in [4.78, 5) is 10.1. The predicted molar refractivity (Wildman–Crippen MR) is 47.5 cm³/mol. The lowest BCUT2D eigenvalue weighted by Crippen LogP contribution is -2.08. The molecule has 0 saturated heterocycles. The number of carbonyl (C=O) groups is 1. The second-order valence-corrected chi connectivity index (χ2v) is 4.16. The van der Waals surface area contributed by atoms with Crippen LogP contribution in [0.2, 0.25) is 8.67 Å². The van der Waals surface area contributed by atoms with Crippen LogP contribution in [0.1, 0.15) is 0 Å². The van der Waals surface area contributed by atoms with Gasteiger partial charge in [-0.3, -0.25) is 0 Å². The molecule has 0 aliphatic rings. The van der Waals surface area contributed by atoms with E-state index in [0.717, 1.165) is 11.3 Å². The summed E-state index contributed by atoms with van der Waals surface area (Å²) in [6.45, 7) is -0.410. The van der Waals surface area contributed by atoms with Crippen molar-refractivity contribution < 1.29 is 14.6 Å². The molecule has 0 aliphatic carbocycles. The topological polar surface area (TPSA) is 46.5 Å². The fraction of sp³-hybridized carbons (Fsp3) is 0.167. The zero-order valence-corrected chi connectivity index (χ0v) is 8.04. The van der Waals surface area contributed by atoms with Crippen LogP contribution in [0.15, 0.2) is 6.07 Å². The molecule has 0 spiro atoms. The van der Waals surface area contributed by atoms with Crippen molar-refractivity contribution in [2.75, 3.05) is 6.61 Å². The van der Waals surface area contributed by atoms with Crippen LogP contribution in [-0.4, -0.2) is 17.7 Å². The van der Waals surface area contributed by atoms with Gasteiger partial charge in [0.05, 0.1) is 4.34 Å². The Morgan fingerprint density at radius 3 is 2.75 bits per heavy atom. The molecule has 0 bridgehead atoms. The fourth-order valence-electron chi connectivity index (χ4n) is 0.563. The highest BCUT2D eigenvalue weighted by atomic mass is 35.5. The second kappa shape index (κ2) is 3.98. The molecule has 6 heteroatoms. The van der Waals surface area contributed by atoms with E-state index in [9.17, 15) is 4.79 Å². The largest absolute Gasteiger partial charge is 0.479 e. The molecule has 1 N–H and O–H groups in total. The number of carboxylic acids is 1. The Balaban J connectivity index is 2.62. The van der Waals surface area contributed by atoms with Crippen molar-refractivity contribution in [1.29, 1.82) is 0 Å². The van der Waals surface area contributed by atoms with Gasteiger partial charge in [0.1, 0.15) is 4.34 Å². The van der Waals surface area contributed by atoms with E-state index in [0.29, 0.717) is 14.4 Å². The monoisotopic (exact) mass is 226 g/mol. The number of halogens is 2. The standard InChI is InChI=1S/C6H4Cl2O3S/c7-4-1-3(6(8)12-4)11-2-5(9)10/h1H,2H2,(H,9,10). The van der Waals surface area contributed by atoms with Crippen molar-refractivity contribution in [2.45, 2.75) is 0 Å². The lowest BCUT2D eigenvalue weighted by molar-refractivity contribution is -0.139. The van der Waals surface area contributed by atoms with Gasteiger partial charge < -0.3 is 9.84 Å². The number of hydrogen-bond acceptors (Lipinski definition) is 3. The zero-order chi connectivity index (χ0) is 9.14. The molecule has 0 radical (unpaired) electrons. The van der Waals surface area contributed by atoms with E-state index in [-0.39, 0.29) is 0 Å². The minimum absolute atomic E-state index is 0.314. The predicted octanol–water partition coefficient (Wildman–Crippen LogP) is 2.52. The Hall–Kier alpha value is -0.450. The van der Waals surface area contributed by atoms with Crippen LogP contribution in [-0.2, 0) is 4.79 Å². The average Bonchev–Trinajstić information content (AvgIpc) is 2.26. The first-order valence-corrected chi connectivity index (χ1v) is 4.46. The second-order valence-electron chi connectivity index (χ2n) is 1.87. The highest BCUT2D eigenvalue weighted by Crippen LogP contribution is 2.36. The molecular weight excluding hydrogens is 223 g/mol. The van der Waals surface area contributed by atoms with Crippen molar-refractivity contribution in [3.05, 3.63) is 14.7 Å². The summed E-state index contributed by atoms with van der Waals surface area (Å²) in [7, 11) is 0. The summed E-state index contributed by atoms with van der Waals surface area (Å²) in [6.07, 6.45) is 0. The first-order chi connectivity index (χ1) is 5.59. The third-order valence-corrected chi connectivity index (χ3v) is 2.43. The van der Waals surface area contributed by atoms with Crippen molar-refractivity contribution in [3.8, 4) is 5.75 Å². The maximum Gasteiger partial charge on any atom is 0.341 e. The third-order valence-electron chi connectivity index (χ3n) is 0.977. The fourth-order valence-corrected chi connectivity index (χ4v) is 1.93. The van der Waals surface area contributed by atoms with E-state index in [2.05, 4.69) is 0 Å². The summed E-state index contributed by atoms with van der Waals surface area (Å²) in [5.41, 5.74) is 0. The first-order valence-electron chi connectivity index (χ1n) is 2.89. The van der Waals surface area contributed by atoms with Crippen LogP contribution in [0.25, 0.3) is 0 Å². The molecule has 0 fully saturated rings. The Bertz CT molecular complexity index is 297. The molecule has 0 saturated carbocycles. The van der Waals surface area contributed by atoms with Crippen molar-refractivity contribution in [3.63, 3.8) is 0 Å². The zero-order valence-electron chi connectivity index (χ0n) is 5.71. The molecule has 0 aliphatic heterocycles. The van der Waals surface area contributed by atoms with Crippen LogP contribution in [0.5, 0.6) is 5.75 Å². The molecule has 1 rings (SSSR count). The smallest absolute Gasteiger partial charge is 0.341 e. The Morgan fingerprint density at radius 2 is 2.33 bits per heavy atom. The highest BCUT2D eigenvalue weighted by molar-refractivity contribution is 7.20. The molecule has 3 nitrogen and oxygen atoms in total. The molecule has 0 unspecified atom stereocenters. The summed E-state index contributed by atoms with van der Waals surface area (Å²) in [5.74, 6) is -0.734. The van der Waals surface area contributed by atoms with Gasteiger partial charge in [0, 0.05) is 6.07 Å². The van der Waals surface area contributed by atoms with Crippen molar-refractivity contribution in [1.82, 2.24) is 0 Å². The average molecular weight is 227 g/mol. The molecule has 1 aromatic heterocycles. The number of thiophene rings is 1. The van der Waals surface area contributed by atoms with Gasteiger partial charge >= 0.3 is 5.97 Å². The van der Waals surface area contributed by atoms with Gasteiger partial charge in [0.15, 0.2) is 12.4 Å². The van der Waals surface area contributed by atoms with Gasteiger partial charge in [0.2, 0.25) is 0 Å². The Kier molecular flexibility index (Phi) is 3.20. The molecule has 66 valence electrons. The Morgan fingerprint density at radius 1 is 1.67 bits per heavy atom. The number of hydrogen-bond donors (Lipinski definition) is 1. The molecule has 12 heavy (non-hydrogen) atoms. The van der Waals surface area contributed by atoms with Crippen LogP contribution in [0.4, 0.5) is 0 Å². The number of aliphatic carboxylic acids is 1. The SMILES string of the molecule is O=C(O)COc1cc(Cl)sc1Cl. The third kappa shape index (κ3) is 2.55. The number of rotatable bonds is 3. The van der Waals surface area contributed by atoms with Crippen molar-refractivity contribution >= 4 is 40.5 Å². The Labute approximate surface area is 82.5 Å². The minimum Gasteiger partial charge on any atom is -0.479 e. The summed E-state index contributed by atoms with van der Waals surface area (Å²) in [6, 6.07) is 1.48. The van der Waals surface area contributed by atoms with Crippen LogP contribution >= 0.6 is 34.5 Å². The van der Waals surface area contributed by atoms with Crippen LogP contribution in [0.3, 0.4) is 0 Å². The van der Waals surface area contributed by atoms with Gasteiger partial charge in [-0.1, -0.05) is 23.2 Å². The maximum absolute atomic E-state index is 10.1. The van der Waals surface area contributed by atoms with E-state index < -0.39 is 12.6 Å². The lowest BCUT2D eigenvalue weighted by atomic mass is 10.6. The van der Waals surface area contributed by atoms with E-state index in [1.165, 1.54) is 6.07 Å². The van der Waals surface area contributed by atoms with Gasteiger partial charge in [-0.25, -0.2) is 4.79 Å². The molecule has 0 aromatic carbocycles. The van der Waals surface area contributed by atoms with E-state index in [1.54, 1.807) is 0 Å². The normalized spacial score (nSPS) is 9.83. The number of carboxylic acid groups (broad SMARTS) is 1. The first kappa shape index (κ1) is 9.64. The van der Waals surface area contributed by atoms with Crippen LogP contribution in [0, 0.1) is 0 Å². The highest BCUT2D eigenvalue weighted by Gasteiger charge is 2.08. The lowest BCUT2D eigenvalue weighted by Gasteiger charge is -1.98. The summed E-state index contributed by atoms with van der Waals surface area (Å²) in [5, 5.41) is 8.27. The van der Waals surface area contributed by atoms with Gasteiger partial charge in [-0.15, -0.1) is 11.3 Å². The minimum atomic E-state index is -1.05. The molecule has 1 heterocycles. The van der Waals surface area contributed by atoms with Gasteiger partial charge in [-0.05, 0) is 0 Å². The summed E-state index contributed by atoms with van der Waals surface area (Å²) < 4.78 is 5.65.